The van der Waals surface area contributed by atoms with Crippen molar-refractivity contribution in [1.82, 2.24) is 4.90 Å². The zero-order valence-electron chi connectivity index (χ0n) is 12.5. The van der Waals surface area contributed by atoms with Gasteiger partial charge in [0.15, 0.2) is 0 Å². The van der Waals surface area contributed by atoms with Crippen LogP contribution in [0.25, 0.3) is 0 Å². The van der Waals surface area contributed by atoms with Crippen molar-refractivity contribution in [1.29, 1.82) is 5.26 Å². The molecule has 2 aromatic rings. The van der Waals surface area contributed by atoms with Crippen molar-refractivity contribution in [2.45, 2.75) is 13.0 Å². The van der Waals surface area contributed by atoms with Gasteiger partial charge in [-0.2, -0.15) is 5.26 Å². The molecule has 23 heavy (non-hydrogen) atoms. The maximum Gasteiger partial charge on any atom is 0.226 e. The van der Waals surface area contributed by atoms with E-state index in [1.807, 2.05) is 30.1 Å². The molecule has 4 nitrogen and oxygen atoms in total. The summed E-state index contributed by atoms with van der Waals surface area (Å²) < 4.78 is 0. The summed E-state index contributed by atoms with van der Waals surface area (Å²) in [4.78, 5) is 14.0. The lowest BCUT2D eigenvalue weighted by molar-refractivity contribution is -0.116. The Morgan fingerprint density at radius 3 is 2.91 bits per heavy atom. The lowest BCUT2D eigenvalue weighted by Gasteiger charge is -2.17. The van der Waals surface area contributed by atoms with E-state index in [1.54, 1.807) is 17.5 Å². The molecule has 1 N–H and O–H groups in total. The number of nitrogens with zero attached hydrogens (tertiary/aromatic N) is 2. The van der Waals surface area contributed by atoms with Gasteiger partial charge in [0.25, 0.3) is 0 Å². The summed E-state index contributed by atoms with van der Waals surface area (Å²) in [6, 6.07) is 9.24. The number of nitriles is 1. The fourth-order valence-corrected chi connectivity index (χ4v) is 3.15. The molecule has 1 aromatic heterocycles. The monoisotopic (exact) mass is 367 g/mol. The van der Waals surface area contributed by atoms with Gasteiger partial charge in [0.2, 0.25) is 5.91 Å². The Morgan fingerprint density at radius 1 is 1.39 bits per heavy atom. The highest BCUT2D eigenvalue weighted by atomic mass is 35.5. The first-order chi connectivity index (χ1) is 11.0. The molecule has 0 spiro atoms. The molecule has 120 valence electrons. The lowest BCUT2D eigenvalue weighted by Crippen LogP contribution is -2.24. The molecule has 0 unspecified atom stereocenters. The summed E-state index contributed by atoms with van der Waals surface area (Å²) in [7, 11) is 1.91. The molecule has 0 fully saturated rings. The van der Waals surface area contributed by atoms with E-state index >= 15 is 0 Å². The highest BCUT2D eigenvalue weighted by molar-refractivity contribution is 7.14. The fourth-order valence-electron chi connectivity index (χ4n) is 2.02. The van der Waals surface area contributed by atoms with Crippen LogP contribution in [0.15, 0.2) is 29.6 Å². The van der Waals surface area contributed by atoms with Crippen LogP contribution in [0.4, 0.5) is 5.00 Å². The van der Waals surface area contributed by atoms with Gasteiger partial charge in [0.1, 0.15) is 11.1 Å². The number of halogens is 2. The van der Waals surface area contributed by atoms with Gasteiger partial charge in [-0.05, 0) is 30.1 Å². The Hall–Kier alpha value is -1.58. The van der Waals surface area contributed by atoms with E-state index < -0.39 is 0 Å². The predicted octanol–water partition coefficient (Wildman–Crippen LogP) is 4.39. The van der Waals surface area contributed by atoms with E-state index in [2.05, 4.69) is 5.32 Å². The molecule has 0 saturated carbocycles. The topological polar surface area (TPSA) is 56.1 Å². The van der Waals surface area contributed by atoms with E-state index in [1.165, 1.54) is 11.3 Å². The highest BCUT2D eigenvalue weighted by Gasteiger charge is 2.11. The van der Waals surface area contributed by atoms with Gasteiger partial charge in [-0.1, -0.05) is 35.3 Å². The molecule has 1 aromatic carbocycles. The normalized spacial score (nSPS) is 10.6. The molecule has 1 amide bonds. The third kappa shape index (κ3) is 4.95. The number of carbonyl (C=O) groups is 1. The van der Waals surface area contributed by atoms with Crippen LogP contribution in [0, 0.1) is 11.3 Å². The van der Waals surface area contributed by atoms with Gasteiger partial charge in [-0.3, -0.25) is 4.79 Å². The smallest absolute Gasteiger partial charge is 0.226 e. The SMILES string of the molecule is CN(CCC(=O)Nc1sccc1C#N)Cc1cccc(Cl)c1Cl. The molecule has 0 aliphatic carbocycles. The van der Waals surface area contributed by atoms with Gasteiger partial charge >= 0.3 is 0 Å². The average molecular weight is 368 g/mol. The molecule has 0 atom stereocenters. The first-order valence-electron chi connectivity index (χ1n) is 6.90. The van der Waals surface area contributed by atoms with Gasteiger partial charge in [-0.25, -0.2) is 0 Å². The lowest BCUT2D eigenvalue weighted by atomic mass is 10.2. The third-order valence-corrected chi connectivity index (χ3v) is 4.92. The second-order valence-electron chi connectivity index (χ2n) is 5.02. The number of benzene rings is 1. The van der Waals surface area contributed by atoms with E-state index in [0.29, 0.717) is 40.1 Å². The molecule has 0 bridgehead atoms. The molecule has 0 saturated heterocycles. The van der Waals surface area contributed by atoms with Crippen LogP contribution in [0.1, 0.15) is 17.5 Å². The molecular formula is C16H15Cl2N3OS. The maximum atomic E-state index is 12.0. The van der Waals surface area contributed by atoms with Crippen molar-refractivity contribution >= 4 is 45.4 Å². The second kappa shape index (κ2) is 8.32. The quantitative estimate of drug-likeness (QED) is 0.823. The largest absolute Gasteiger partial charge is 0.317 e. The summed E-state index contributed by atoms with van der Waals surface area (Å²) in [5, 5.41) is 15.1. The Bertz CT molecular complexity index is 739. The highest BCUT2D eigenvalue weighted by Crippen LogP contribution is 2.26. The molecule has 0 radical (unpaired) electrons. The summed E-state index contributed by atoms with van der Waals surface area (Å²) in [6.07, 6.45) is 0.331. The number of thiophene rings is 1. The van der Waals surface area contributed by atoms with Crippen LogP contribution in [-0.2, 0) is 11.3 Å². The number of carbonyl (C=O) groups excluding carboxylic acids is 1. The van der Waals surface area contributed by atoms with Crippen molar-refractivity contribution in [3.05, 3.63) is 50.8 Å². The van der Waals surface area contributed by atoms with Crippen LogP contribution in [0.5, 0.6) is 0 Å². The number of nitrogens with one attached hydrogen (secondary N) is 1. The molecule has 1 heterocycles. The van der Waals surface area contributed by atoms with Crippen molar-refractivity contribution in [2.24, 2.45) is 0 Å². The number of hydrogen-bond donors (Lipinski definition) is 1. The van der Waals surface area contributed by atoms with Crippen LogP contribution in [0.3, 0.4) is 0 Å². The van der Waals surface area contributed by atoms with Crippen LogP contribution >= 0.6 is 34.5 Å². The van der Waals surface area contributed by atoms with E-state index in [9.17, 15) is 4.79 Å². The molecular weight excluding hydrogens is 353 g/mol. The predicted molar refractivity (Wildman–Crippen MR) is 95.1 cm³/mol. The first-order valence-corrected chi connectivity index (χ1v) is 8.53. The minimum atomic E-state index is -0.118. The summed E-state index contributed by atoms with van der Waals surface area (Å²) in [5.74, 6) is -0.118. The maximum absolute atomic E-state index is 12.0. The minimum Gasteiger partial charge on any atom is -0.317 e. The Labute approximate surface area is 149 Å². The summed E-state index contributed by atoms with van der Waals surface area (Å²) in [5.41, 5.74) is 1.41. The van der Waals surface area contributed by atoms with E-state index in [0.717, 1.165) is 5.56 Å². The summed E-state index contributed by atoms with van der Waals surface area (Å²) in [6.45, 7) is 1.18. The van der Waals surface area contributed by atoms with Gasteiger partial charge < -0.3 is 10.2 Å². The summed E-state index contributed by atoms with van der Waals surface area (Å²) >= 11 is 13.5. The number of rotatable bonds is 6. The van der Waals surface area contributed by atoms with Crippen LogP contribution in [-0.4, -0.2) is 24.4 Å². The Morgan fingerprint density at radius 2 is 2.17 bits per heavy atom. The molecule has 0 aliphatic heterocycles. The van der Waals surface area contributed by atoms with Crippen molar-refractivity contribution in [2.75, 3.05) is 18.9 Å². The first kappa shape index (κ1) is 17.8. The zero-order valence-corrected chi connectivity index (χ0v) is 14.8. The fraction of sp³-hybridized carbons (Fsp3) is 0.250. The third-order valence-electron chi connectivity index (χ3n) is 3.23. The van der Waals surface area contributed by atoms with Crippen molar-refractivity contribution in [3.63, 3.8) is 0 Å². The van der Waals surface area contributed by atoms with Gasteiger partial charge in [0, 0.05) is 19.5 Å². The minimum absolute atomic E-state index is 0.118. The number of hydrogen-bond acceptors (Lipinski definition) is 4. The zero-order chi connectivity index (χ0) is 16.8. The Kier molecular flexibility index (Phi) is 6.43. The van der Waals surface area contributed by atoms with Gasteiger partial charge in [-0.15, -0.1) is 11.3 Å². The van der Waals surface area contributed by atoms with Crippen molar-refractivity contribution < 1.29 is 4.79 Å². The van der Waals surface area contributed by atoms with Gasteiger partial charge in [0.05, 0.1) is 15.6 Å². The second-order valence-corrected chi connectivity index (χ2v) is 6.73. The van der Waals surface area contributed by atoms with Crippen LogP contribution < -0.4 is 5.32 Å². The molecule has 0 aliphatic rings. The average Bonchev–Trinajstić information content (AvgIpc) is 2.97. The Balaban J connectivity index is 1.84. The van der Waals surface area contributed by atoms with Crippen LogP contribution in [0.2, 0.25) is 10.0 Å². The number of amides is 1. The van der Waals surface area contributed by atoms with Crippen molar-refractivity contribution in [3.8, 4) is 6.07 Å². The molecule has 2 rings (SSSR count). The van der Waals surface area contributed by atoms with E-state index in [-0.39, 0.29) is 5.91 Å². The van der Waals surface area contributed by atoms with E-state index in [4.69, 9.17) is 28.5 Å². The molecule has 7 heteroatoms. The standard InChI is InChI=1S/C16H15Cl2N3OS/c1-21(10-12-3-2-4-13(17)15(12)18)7-5-14(22)20-16-11(9-19)6-8-23-16/h2-4,6,8H,5,7,10H2,1H3,(H,20,22). The number of anilines is 1.